The van der Waals surface area contributed by atoms with Crippen LogP contribution in [0.2, 0.25) is 0 Å². The second kappa shape index (κ2) is 4.14. The summed E-state index contributed by atoms with van der Waals surface area (Å²) < 4.78 is 0. The van der Waals surface area contributed by atoms with E-state index in [1.54, 1.807) is 6.92 Å². The zero-order valence-electron chi connectivity index (χ0n) is 8.84. The van der Waals surface area contributed by atoms with E-state index in [1.165, 1.54) is 0 Å². The summed E-state index contributed by atoms with van der Waals surface area (Å²) in [4.78, 5) is 14.9. The predicted molar refractivity (Wildman–Crippen MR) is 63.0 cm³/mol. The number of hydrogen-bond acceptors (Lipinski definition) is 2. The van der Waals surface area contributed by atoms with Gasteiger partial charge in [0.25, 0.3) is 0 Å². The Kier molecular flexibility index (Phi) is 2.68. The Balaban J connectivity index is 2.51. The lowest BCUT2D eigenvalue weighted by Gasteiger charge is -2.02. The summed E-state index contributed by atoms with van der Waals surface area (Å²) in [6.07, 6.45) is 1.16. The van der Waals surface area contributed by atoms with Gasteiger partial charge in [0.15, 0.2) is 0 Å². The van der Waals surface area contributed by atoms with E-state index in [0.717, 1.165) is 17.0 Å². The Morgan fingerprint density at radius 1 is 1.25 bits per heavy atom. The molecule has 1 N–H and O–H groups in total. The van der Waals surface area contributed by atoms with E-state index < -0.39 is 5.97 Å². The number of carboxylic acids is 1. The molecule has 0 radical (unpaired) electrons. The van der Waals surface area contributed by atoms with E-state index in [-0.39, 0.29) is 0 Å². The summed E-state index contributed by atoms with van der Waals surface area (Å²) >= 11 is 0. The molecule has 0 amide bonds. The van der Waals surface area contributed by atoms with Gasteiger partial charge in [-0.2, -0.15) is 0 Å². The van der Waals surface area contributed by atoms with Crippen LogP contribution >= 0.6 is 0 Å². The molecule has 1 aromatic carbocycles. The minimum Gasteiger partial charge on any atom is -0.478 e. The fourth-order valence-corrected chi connectivity index (χ4v) is 1.54. The fourth-order valence-electron chi connectivity index (χ4n) is 1.54. The maximum atomic E-state index is 10.5. The molecule has 0 bridgehead atoms. The minimum atomic E-state index is -0.951. The van der Waals surface area contributed by atoms with Crippen LogP contribution in [0.3, 0.4) is 0 Å². The van der Waals surface area contributed by atoms with Gasteiger partial charge >= 0.3 is 5.97 Å². The molecular formula is C13H11NO2. The molecule has 0 aliphatic heterocycles. The van der Waals surface area contributed by atoms with Gasteiger partial charge in [0.1, 0.15) is 0 Å². The molecule has 0 aliphatic rings. The molecule has 0 fully saturated rings. The highest BCUT2D eigenvalue weighted by Gasteiger charge is 2.01. The van der Waals surface area contributed by atoms with Gasteiger partial charge < -0.3 is 5.11 Å². The van der Waals surface area contributed by atoms with Crippen LogP contribution < -0.4 is 0 Å². The van der Waals surface area contributed by atoms with Gasteiger partial charge in [0.05, 0.1) is 11.2 Å². The Labute approximate surface area is 93.1 Å². The summed E-state index contributed by atoms with van der Waals surface area (Å²) in [6.45, 7) is 1.74. The molecule has 0 atom stereocenters. The van der Waals surface area contributed by atoms with Gasteiger partial charge in [-0.25, -0.2) is 9.78 Å². The number of benzene rings is 1. The number of carboxylic acid groups (broad SMARTS) is 1. The first kappa shape index (κ1) is 10.4. The van der Waals surface area contributed by atoms with Crippen LogP contribution in [0.5, 0.6) is 0 Å². The van der Waals surface area contributed by atoms with Crippen molar-refractivity contribution in [3.05, 3.63) is 48.2 Å². The zero-order valence-corrected chi connectivity index (χ0v) is 8.84. The SMILES string of the molecule is C/C(=C/C(=O)O)c1ccc2ccccc2n1. The number of para-hydroxylation sites is 1. The van der Waals surface area contributed by atoms with Crippen LogP contribution in [0.1, 0.15) is 12.6 Å². The first-order chi connectivity index (χ1) is 7.66. The van der Waals surface area contributed by atoms with Gasteiger partial charge in [-0.3, -0.25) is 0 Å². The van der Waals surface area contributed by atoms with Crippen LogP contribution in [0.25, 0.3) is 16.5 Å². The first-order valence-electron chi connectivity index (χ1n) is 4.94. The molecule has 0 unspecified atom stereocenters. The fraction of sp³-hybridized carbons (Fsp3) is 0.0769. The van der Waals surface area contributed by atoms with Gasteiger partial charge in [-0.1, -0.05) is 24.3 Å². The zero-order chi connectivity index (χ0) is 11.5. The lowest BCUT2D eigenvalue weighted by atomic mass is 10.1. The number of aliphatic carboxylic acids is 1. The quantitative estimate of drug-likeness (QED) is 0.780. The molecule has 2 aromatic rings. The van der Waals surface area contributed by atoms with Crippen molar-refractivity contribution in [1.29, 1.82) is 0 Å². The summed E-state index contributed by atoms with van der Waals surface area (Å²) in [6, 6.07) is 11.5. The number of fused-ring (bicyclic) bond motifs is 1. The van der Waals surface area contributed by atoms with Crippen LogP contribution in [-0.4, -0.2) is 16.1 Å². The van der Waals surface area contributed by atoms with Crippen molar-refractivity contribution in [3.8, 4) is 0 Å². The molecule has 80 valence electrons. The number of nitrogens with zero attached hydrogens (tertiary/aromatic N) is 1. The molecule has 1 aromatic heterocycles. The molecule has 0 spiro atoms. The largest absolute Gasteiger partial charge is 0.478 e. The third-order valence-corrected chi connectivity index (χ3v) is 2.34. The molecule has 0 saturated heterocycles. The highest BCUT2D eigenvalue weighted by Crippen LogP contribution is 2.16. The minimum absolute atomic E-state index is 0.651. The highest BCUT2D eigenvalue weighted by atomic mass is 16.4. The normalized spacial score (nSPS) is 11.7. The summed E-state index contributed by atoms with van der Waals surface area (Å²) in [7, 11) is 0. The second-order valence-corrected chi connectivity index (χ2v) is 3.55. The van der Waals surface area contributed by atoms with Crippen molar-refractivity contribution in [1.82, 2.24) is 4.98 Å². The number of pyridine rings is 1. The van der Waals surface area contributed by atoms with Gasteiger partial charge in [0.2, 0.25) is 0 Å². The Morgan fingerprint density at radius 2 is 2.00 bits per heavy atom. The Hall–Kier alpha value is -2.16. The van der Waals surface area contributed by atoms with Crippen molar-refractivity contribution in [2.24, 2.45) is 0 Å². The Bertz CT molecular complexity index is 573. The third-order valence-electron chi connectivity index (χ3n) is 2.34. The van der Waals surface area contributed by atoms with Crippen LogP contribution in [0, 0.1) is 0 Å². The van der Waals surface area contributed by atoms with E-state index in [4.69, 9.17) is 5.11 Å². The standard InChI is InChI=1S/C13H11NO2/c1-9(8-13(15)16)11-7-6-10-4-2-3-5-12(10)14-11/h2-8H,1H3,(H,15,16)/b9-8-. The van der Waals surface area contributed by atoms with E-state index in [9.17, 15) is 4.79 Å². The van der Waals surface area contributed by atoms with Gasteiger partial charge in [-0.15, -0.1) is 0 Å². The lowest BCUT2D eigenvalue weighted by Crippen LogP contribution is -1.92. The van der Waals surface area contributed by atoms with E-state index in [1.807, 2.05) is 36.4 Å². The lowest BCUT2D eigenvalue weighted by molar-refractivity contribution is -0.131. The molecular weight excluding hydrogens is 202 g/mol. The van der Waals surface area contributed by atoms with E-state index in [0.29, 0.717) is 11.3 Å². The van der Waals surface area contributed by atoms with Gasteiger partial charge in [0, 0.05) is 11.5 Å². The monoisotopic (exact) mass is 213 g/mol. The van der Waals surface area contributed by atoms with Crippen molar-refractivity contribution >= 4 is 22.4 Å². The molecule has 2 rings (SSSR count). The van der Waals surface area contributed by atoms with Crippen LogP contribution in [-0.2, 0) is 4.79 Å². The molecule has 3 nitrogen and oxygen atoms in total. The summed E-state index contributed by atoms with van der Waals surface area (Å²) in [5, 5.41) is 9.70. The summed E-state index contributed by atoms with van der Waals surface area (Å²) in [5.41, 5.74) is 2.22. The van der Waals surface area contributed by atoms with Crippen molar-refractivity contribution in [2.45, 2.75) is 6.92 Å². The predicted octanol–water partition coefficient (Wildman–Crippen LogP) is 2.72. The topological polar surface area (TPSA) is 50.2 Å². The smallest absolute Gasteiger partial charge is 0.328 e. The number of aromatic nitrogens is 1. The number of rotatable bonds is 2. The average molecular weight is 213 g/mol. The third kappa shape index (κ3) is 2.08. The van der Waals surface area contributed by atoms with E-state index >= 15 is 0 Å². The molecule has 0 aliphatic carbocycles. The molecule has 1 heterocycles. The summed E-state index contributed by atoms with van der Waals surface area (Å²) in [5.74, 6) is -0.951. The van der Waals surface area contributed by atoms with Crippen molar-refractivity contribution in [3.63, 3.8) is 0 Å². The van der Waals surface area contributed by atoms with Crippen LogP contribution in [0.4, 0.5) is 0 Å². The molecule has 0 saturated carbocycles. The average Bonchev–Trinajstić information content (AvgIpc) is 2.27. The van der Waals surface area contributed by atoms with Gasteiger partial charge in [-0.05, 0) is 24.6 Å². The van der Waals surface area contributed by atoms with Crippen molar-refractivity contribution in [2.75, 3.05) is 0 Å². The number of allylic oxidation sites excluding steroid dienone is 1. The maximum Gasteiger partial charge on any atom is 0.328 e. The number of carbonyl (C=O) groups is 1. The van der Waals surface area contributed by atoms with Crippen molar-refractivity contribution < 1.29 is 9.90 Å². The van der Waals surface area contributed by atoms with E-state index in [2.05, 4.69) is 4.98 Å². The number of hydrogen-bond donors (Lipinski definition) is 1. The van der Waals surface area contributed by atoms with Crippen LogP contribution in [0.15, 0.2) is 42.5 Å². The maximum absolute atomic E-state index is 10.5. The second-order valence-electron chi connectivity index (χ2n) is 3.55. The first-order valence-corrected chi connectivity index (χ1v) is 4.94. The highest BCUT2D eigenvalue weighted by molar-refractivity contribution is 5.90. The Morgan fingerprint density at radius 3 is 2.75 bits per heavy atom. The molecule has 16 heavy (non-hydrogen) atoms. The molecule has 3 heteroatoms.